The molecule has 0 aliphatic heterocycles. The van der Waals surface area contributed by atoms with Crippen LogP contribution >= 0.6 is 0 Å². The summed E-state index contributed by atoms with van der Waals surface area (Å²) in [6.07, 6.45) is 0.0529. The van der Waals surface area contributed by atoms with E-state index in [9.17, 15) is 24.6 Å². The molecular weight excluding hydrogens is 422 g/mol. The van der Waals surface area contributed by atoms with Crippen molar-refractivity contribution in [2.45, 2.75) is 76.9 Å². The molecule has 0 spiro atoms. The van der Waals surface area contributed by atoms with Crippen molar-refractivity contribution in [3.63, 3.8) is 0 Å². The largest absolute Gasteiger partial charge is 0.478 e. The number of aliphatic hydroxyl groups excluding tert-OH is 1. The van der Waals surface area contributed by atoms with E-state index in [1.54, 1.807) is 20.8 Å². The topological polar surface area (TPSA) is 101 Å². The number of allylic oxidation sites excluding steroid dienone is 4. The Morgan fingerprint density at radius 1 is 1.25 bits per heavy atom. The summed E-state index contributed by atoms with van der Waals surface area (Å²) in [5.74, 6) is -4.78. The predicted molar refractivity (Wildman–Crippen MR) is 110 cm³/mol. The lowest BCUT2D eigenvalue weighted by Crippen LogP contribution is -2.71. The molecule has 9 atom stereocenters. The van der Waals surface area contributed by atoms with Crippen LogP contribution in [0.25, 0.3) is 0 Å². The van der Waals surface area contributed by atoms with Gasteiger partial charge in [0.2, 0.25) is 5.60 Å². The van der Waals surface area contributed by atoms with E-state index in [1.807, 2.05) is 0 Å². The zero-order chi connectivity index (χ0) is 23.9. The van der Waals surface area contributed by atoms with Gasteiger partial charge in [-0.3, -0.25) is 9.59 Å². The molecule has 4 aliphatic rings. The molecule has 6 nitrogen and oxygen atoms in total. The Bertz CT molecular complexity index is 945. The van der Waals surface area contributed by atoms with Crippen molar-refractivity contribution in [3.8, 4) is 0 Å². The molecule has 0 aromatic heterocycles. The number of carboxylic acid groups (broad SMARTS) is 1. The molecule has 176 valence electrons. The molecule has 32 heavy (non-hydrogen) atoms. The molecule has 0 amide bonds. The SMILES string of the molecule is CCC(=O)OC1(C(=O)O)C(C)C[C@H]2[C@@H]3CC(F)C4=CC(=O)C=C[C@]4(C)[C@@]3(F)C(O)C[C@@]21C. The number of ether oxygens (including phenoxy) is 1. The van der Waals surface area contributed by atoms with Crippen LogP contribution in [0.5, 0.6) is 0 Å². The first-order chi connectivity index (χ1) is 14.8. The van der Waals surface area contributed by atoms with Crippen molar-refractivity contribution in [1.29, 1.82) is 0 Å². The smallest absolute Gasteiger partial charge is 0.349 e. The molecule has 0 aromatic rings. The molecule has 4 aliphatic carbocycles. The van der Waals surface area contributed by atoms with E-state index >= 15 is 8.78 Å². The van der Waals surface area contributed by atoms with Crippen LogP contribution in [0.15, 0.2) is 23.8 Å². The third-order valence-corrected chi connectivity index (χ3v) is 9.05. The molecule has 8 heteroatoms. The predicted octanol–water partition coefficient (Wildman–Crippen LogP) is 3.33. The molecule has 2 N–H and O–H groups in total. The maximum atomic E-state index is 17.1. The maximum Gasteiger partial charge on any atom is 0.349 e. The zero-order valence-electron chi connectivity index (χ0n) is 18.7. The highest BCUT2D eigenvalue weighted by atomic mass is 19.1. The molecule has 4 rings (SSSR count). The van der Waals surface area contributed by atoms with Crippen LogP contribution in [0.4, 0.5) is 8.78 Å². The Hall–Kier alpha value is -2.09. The highest BCUT2D eigenvalue weighted by molar-refractivity contribution is 6.01. The average Bonchev–Trinajstić information content (AvgIpc) is 2.93. The number of ketones is 1. The number of alkyl halides is 2. The van der Waals surface area contributed by atoms with E-state index in [2.05, 4.69) is 0 Å². The molecule has 0 radical (unpaired) electrons. The van der Waals surface area contributed by atoms with Gasteiger partial charge in [0.1, 0.15) is 6.17 Å². The third-order valence-electron chi connectivity index (χ3n) is 9.05. The summed E-state index contributed by atoms with van der Waals surface area (Å²) in [7, 11) is 0. The van der Waals surface area contributed by atoms with Gasteiger partial charge in [0.05, 0.1) is 6.10 Å². The second-order valence-electron chi connectivity index (χ2n) is 10.4. The Kier molecular flexibility index (Phi) is 5.02. The Morgan fingerprint density at radius 3 is 2.50 bits per heavy atom. The van der Waals surface area contributed by atoms with Crippen molar-refractivity contribution in [2.24, 2.45) is 28.6 Å². The fourth-order valence-electron chi connectivity index (χ4n) is 7.49. The Morgan fingerprint density at radius 2 is 1.91 bits per heavy atom. The molecule has 3 fully saturated rings. The third kappa shape index (κ3) is 2.50. The van der Waals surface area contributed by atoms with Crippen molar-refractivity contribution >= 4 is 17.7 Å². The minimum atomic E-state index is -2.30. The lowest BCUT2D eigenvalue weighted by molar-refractivity contribution is -0.237. The van der Waals surface area contributed by atoms with Gasteiger partial charge in [-0.2, -0.15) is 0 Å². The van der Waals surface area contributed by atoms with Crippen LogP contribution in [0.1, 0.15) is 53.4 Å². The number of esters is 1. The lowest BCUT2D eigenvalue weighted by Gasteiger charge is -2.62. The van der Waals surface area contributed by atoms with Crippen LogP contribution in [0.2, 0.25) is 0 Å². The molecular formula is C24H30F2O6. The van der Waals surface area contributed by atoms with Crippen molar-refractivity contribution < 1.29 is 38.1 Å². The van der Waals surface area contributed by atoms with Crippen molar-refractivity contribution in [1.82, 2.24) is 0 Å². The van der Waals surface area contributed by atoms with Crippen molar-refractivity contribution in [2.75, 3.05) is 0 Å². The lowest BCUT2D eigenvalue weighted by atomic mass is 9.44. The van der Waals surface area contributed by atoms with Crippen LogP contribution in [-0.2, 0) is 19.1 Å². The van der Waals surface area contributed by atoms with Gasteiger partial charge in [-0.25, -0.2) is 13.6 Å². The number of fused-ring (bicyclic) bond motifs is 5. The van der Waals surface area contributed by atoms with Crippen LogP contribution < -0.4 is 0 Å². The van der Waals surface area contributed by atoms with E-state index < -0.39 is 69.9 Å². The van der Waals surface area contributed by atoms with E-state index in [-0.39, 0.29) is 31.3 Å². The summed E-state index contributed by atoms with van der Waals surface area (Å²) in [5.41, 5.74) is -7.07. The van der Waals surface area contributed by atoms with Gasteiger partial charge >= 0.3 is 11.9 Å². The summed E-state index contributed by atoms with van der Waals surface area (Å²) in [4.78, 5) is 36.7. The van der Waals surface area contributed by atoms with Crippen LogP contribution in [-0.4, -0.2) is 51.5 Å². The Labute approximate surface area is 185 Å². The number of aliphatic hydroxyl groups is 1. The fraction of sp³-hybridized carbons (Fsp3) is 0.708. The second kappa shape index (κ2) is 6.95. The normalized spacial score (nSPS) is 49.5. The number of carbonyl (C=O) groups is 3. The van der Waals surface area contributed by atoms with Gasteiger partial charge in [-0.05, 0) is 49.8 Å². The second-order valence-corrected chi connectivity index (χ2v) is 10.4. The van der Waals surface area contributed by atoms with Gasteiger partial charge < -0.3 is 14.9 Å². The van der Waals surface area contributed by atoms with E-state index in [1.165, 1.54) is 19.1 Å². The number of carbonyl (C=O) groups excluding carboxylic acids is 2. The molecule has 0 heterocycles. The van der Waals surface area contributed by atoms with Crippen LogP contribution in [0.3, 0.4) is 0 Å². The summed E-state index contributed by atoms with van der Waals surface area (Å²) >= 11 is 0. The minimum Gasteiger partial charge on any atom is -0.478 e. The van der Waals surface area contributed by atoms with E-state index in [4.69, 9.17) is 4.74 Å². The van der Waals surface area contributed by atoms with Gasteiger partial charge in [-0.1, -0.05) is 26.8 Å². The molecule has 3 saturated carbocycles. The summed E-state index contributed by atoms with van der Waals surface area (Å²) in [6, 6.07) is 0. The van der Waals surface area contributed by atoms with Gasteiger partial charge in [0.25, 0.3) is 0 Å². The maximum absolute atomic E-state index is 17.1. The quantitative estimate of drug-likeness (QED) is 0.637. The number of hydrogen-bond acceptors (Lipinski definition) is 5. The summed E-state index contributed by atoms with van der Waals surface area (Å²) in [5, 5.41) is 21.5. The fourth-order valence-corrected chi connectivity index (χ4v) is 7.49. The number of halogens is 2. The summed E-state index contributed by atoms with van der Waals surface area (Å²) < 4.78 is 38.1. The first-order valence-corrected chi connectivity index (χ1v) is 11.2. The highest BCUT2D eigenvalue weighted by Crippen LogP contribution is 2.71. The van der Waals surface area contributed by atoms with Gasteiger partial charge in [-0.15, -0.1) is 0 Å². The number of carboxylic acids is 1. The molecule has 0 aromatic carbocycles. The molecule has 0 saturated heterocycles. The average molecular weight is 452 g/mol. The first kappa shape index (κ1) is 23.1. The number of hydrogen-bond donors (Lipinski definition) is 2. The molecule has 4 unspecified atom stereocenters. The summed E-state index contributed by atoms with van der Waals surface area (Å²) in [6.45, 7) is 6.31. The highest BCUT2D eigenvalue weighted by Gasteiger charge is 2.78. The van der Waals surface area contributed by atoms with Crippen LogP contribution in [0, 0.1) is 28.6 Å². The molecule has 0 bridgehead atoms. The van der Waals surface area contributed by atoms with Gasteiger partial charge in [0.15, 0.2) is 11.5 Å². The zero-order valence-corrected chi connectivity index (χ0v) is 18.7. The van der Waals surface area contributed by atoms with E-state index in [0.717, 1.165) is 6.08 Å². The Balaban J connectivity index is 1.87. The minimum absolute atomic E-state index is 0.0133. The monoisotopic (exact) mass is 452 g/mol. The first-order valence-electron chi connectivity index (χ1n) is 11.2. The van der Waals surface area contributed by atoms with E-state index in [0.29, 0.717) is 0 Å². The number of aliphatic carboxylic acids is 1. The number of rotatable bonds is 3. The van der Waals surface area contributed by atoms with Crippen molar-refractivity contribution in [3.05, 3.63) is 23.8 Å². The standard InChI is InChI=1S/C24H30F2O6/c1-5-19(29)32-24(20(30)31)12(2)8-14-15-10-17(25)16-9-13(27)6-7-21(16,3)23(15,26)18(28)11-22(14,24)4/h6-7,9,12,14-15,17-18,28H,5,8,10-11H2,1-4H3,(H,30,31)/t12?,14-,15-,17?,18?,21-,22-,23-,24?/m0/s1. The van der Waals surface area contributed by atoms with Gasteiger partial charge in [0, 0.05) is 29.1 Å².